The van der Waals surface area contributed by atoms with Crippen molar-refractivity contribution in [2.75, 3.05) is 0 Å². The highest BCUT2D eigenvalue weighted by atomic mass is 16.1. The van der Waals surface area contributed by atoms with E-state index in [-0.39, 0.29) is 11.9 Å². The molecule has 0 fully saturated rings. The molecule has 1 amide bonds. The Morgan fingerprint density at radius 1 is 1.47 bits per heavy atom. The van der Waals surface area contributed by atoms with Gasteiger partial charge in [-0.3, -0.25) is 4.79 Å². The second kappa shape index (κ2) is 6.04. The molecule has 0 bridgehead atoms. The van der Waals surface area contributed by atoms with Gasteiger partial charge < -0.3 is 5.32 Å². The van der Waals surface area contributed by atoms with Crippen molar-refractivity contribution >= 4 is 18.1 Å². The van der Waals surface area contributed by atoms with Gasteiger partial charge in [-0.15, -0.1) is 0 Å². The van der Waals surface area contributed by atoms with Crippen LogP contribution >= 0.6 is 0 Å². The van der Waals surface area contributed by atoms with Gasteiger partial charge in [0.15, 0.2) is 0 Å². The minimum atomic E-state index is -0.0204. The van der Waals surface area contributed by atoms with E-state index in [2.05, 4.69) is 11.9 Å². The minimum absolute atomic E-state index is 0.00130. The first-order chi connectivity index (χ1) is 8.10. The van der Waals surface area contributed by atoms with Gasteiger partial charge in [-0.1, -0.05) is 43.0 Å². The zero-order chi connectivity index (χ0) is 12.8. The molecular formula is C15H19NO. The molecule has 17 heavy (non-hydrogen) atoms. The number of carbonyl (C=O) groups excluding carboxylic acids is 1. The highest BCUT2D eigenvalue weighted by Gasteiger charge is 2.11. The summed E-state index contributed by atoms with van der Waals surface area (Å²) in [4.78, 5) is 11.1. The van der Waals surface area contributed by atoms with E-state index in [1.165, 1.54) is 6.92 Å². The van der Waals surface area contributed by atoms with Crippen molar-refractivity contribution in [1.29, 1.82) is 0 Å². The normalized spacial score (nSPS) is 12.4. The Balaban J connectivity index is 3.22. The third kappa shape index (κ3) is 3.31. The molecule has 1 aromatic carbocycles. The van der Waals surface area contributed by atoms with Crippen LogP contribution in [0.1, 0.15) is 43.5 Å². The average molecular weight is 229 g/mol. The highest BCUT2D eigenvalue weighted by Crippen LogP contribution is 2.23. The molecule has 0 aromatic heterocycles. The fraction of sp³-hybridized carbons (Fsp3) is 0.267. The van der Waals surface area contributed by atoms with E-state index in [4.69, 9.17) is 0 Å². The average Bonchev–Trinajstić information content (AvgIpc) is 2.28. The molecule has 2 nitrogen and oxygen atoms in total. The van der Waals surface area contributed by atoms with Crippen LogP contribution in [0, 0.1) is 0 Å². The van der Waals surface area contributed by atoms with Gasteiger partial charge in [-0.25, -0.2) is 0 Å². The number of allylic oxidation sites excluding steroid dienone is 1. The van der Waals surface area contributed by atoms with Crippen LogP contribution in [0.3, 0.4) is 0 Å². The molecule has 1 aromatic rings. The molecule has 0 saturated carbocycles. The zero-order valence-corrected chi connectivity index (χ0v) is 10.7. The Kier molecular flexibility index (Phi) is 4.70. The Morgan fingerprint density at radius 3 is 2.71 bits per heavy atom. The lowest BCUT2D eigenvalue weighted by Crippen LogP contribution is -2.24. The van der Waals surface area contributed by atoms with Crippen LogP contribution in [0.2, 0.25) is 0 Å². The Hall–Kier alpha value is -1.83. The van der Waals surface area contributed by atoms with Gasteiger partial charge in [0.1, 0.15) is 0 Å². The van der Waals surface area contributed by atoms with Crippen LogP contribution in [0.4, 0.5) is 0 Å². The van der Waals surface area contributed by atoms with Crippen molar-refractivity contribution in [3.63, 3.8) is 0 Å². The van der Waals surface area contributed by atoms with Gasteiger partial charge in [0.25, 0.3) is 0 Å². The number of nitrogens with one attached hydrogen (secondary N) is 1. The molecule has 1 rings (SSSR count). The zero-order valence-electron chi connectivity index (χ0n) is 10.7. The second-order valence-electron chi connectivity index (χ2n) is 3.98. The van der Waals surface area contributed by atoms with Crippen molar-refractivity contribution < 1.29 is 4.79 Å². The fourth-order valence-electron chi connectivity index (χ4n) is 1.90. The molecule has 0 heterocycles. The molecule has 0 spiro atoms. The summed E-state index contributed by atoms with van der Waals surface area (Å²) in [5.74, 6) is -0.0204. The van der Waals surface area contributed by atoms with Gasteiger partial charge in [0, 0.05) is 6.92 Å². The van der Waals surface area contributed by atoms with Gasteiger partial charge >= 0.3 is 0 Å². The lowest BCUT2D eigenvalue weighted by Gasteiger charge is -2.17. The summed E-state index contributed by atoms with van der Waals surface area (Å²) in [5, 5.41) is 2.90. The predicted molar refractivity (Wildman–Crippen MR) is 73.5 cm³/mol. The largest absolute Gasteiger partial charge is 0.350 e. The minimum Gasteiger partial charge on any atom is -0.350 e. The van der Waals surface area contributed by atoms with Crippen LogP contribution in [0.25, 0.3) is 12.2 Å². The summed E-state index contributed by atoms with van der Waals surface area (Å²) in [7, 11) is 0. The monoisotopic (exact) mass is 229 g/mol. The third-order valence-electron chi connectivity index (χ3n) is 2.61. The van der Waals surface area contributed by atoms with E-state index in [1.54, 1.807) is 0 Å². The molecule has 0 aliphatic carbocycles. The summed E-state index contributed by atoms with van der Waals surface area (Å²) in [6.45, 7) is 9.31. The molecule has 0 aliphatic heterocycles. The quantitative estimate of drug-likeness (QED) is 0.840. The van der Waals surface area contributed by atoms with Crippen molar-refractivity contribution in [2.45, 2.75) is 26.8 Å². The maximum atomic E-state index is 11.1. The topological polar surface area (TPSA) is 29.1 Å². The van der Waals surface area contributed by atoms with Crippen LogP contribution in [0.15, 0.2) is 30.9 Å². The van der Waals surface area contributed by atoms with Crippen molar-refractivity contribution in [1.82, 2.24) is 5.32 Å². The fourth-order valence-corrected chi connectivity index (χ4v) is 1.90. The smallest absolute Gasteiger partial charge is 0.217 e. The van der Waals surface area contributed by atoms with E-state index in [0.29, 0.717) is 0 Å². The number of carbonyl (C=O) groups is 1. The van der Waals surface area contributed by atoms with Crippen LogP contribution < -0.4 is 5.32 Å². The van der Waals surface area contributed by atoms with Crippen LogP contribution in [-0.4, -0.2) is 5.91 Å². The van der Waals surface area contributed by atoms with Crippen molar-refractivity contribution in [3.8, 4) is 0 Å². The molecule has 0 aliphatic rings. The first kappa shape index (κ1) is 13.2. The van der Waals surface area contributed by atoms with E-state index in [1.807, 2.05) is 50.3 Å². The third-order valence-corrected chi connectivity index (χ3v) is 2.61. The van der Waals surface area contributed by atoms with Crippen molar-refractivity contribution in [3.05, 3.63) is 47.5 Å². The van der Waals surface area contributed by atoms with Gasteiger partial charge in [0.2, 0.25) is 5.91 Å². The first-order valence-electron chi connectivity index (χ1n) is 5.75. The van der Waals surface area contributed by atoms with Gasteiger partial charge in [-0.05, 0) is 30.5 Å². The van der Waals surface area contributed by atoms with Crippen molar-refractivity contribution in [2.24, 2.45) is 0 Å². The molecule has 0 radical (unpaired) electrons. The van der Waals surface area contributed by atoms with Gasteiger partial charge in [0.05, 0.1) is 6.04 Å². The van der Waals surface area contributed by atoms with E-state index in [9.17, 15) is 4.79 Å². The second-order valence-corrected chi connectivity index (χ2v) is 3.98. The Bertz CT molecular complexity index is 446. The standard InChI is InChI=1S/C15H19NO/c1-5-8-15-13(6-2)9-7-10-14(15)11(3)16-12(4)17/h5-11H,2H2,1,3-4H3,(H,16,17)/b8-5-. The number of hydrogen-bond acceptors (Lipinski definition) is 1. The van der Waals surface area contributed by atoms with Gasteiger partial charge in [-0.2, -0.15) is 0 Å². The maximum Gasteiger partial charge on any atom is 0.217 e. The van der Waals surface area contributed by atoms with Crippen LogP contribution in [0.5, 0.6) is 0 Å². The van der Waals surface area contributed by atoms with E-state index < -0.39 is 0 Å². The summed E-state index contributed by atoms with van der Waals surface area (Å²) in [6.07, 6.45) is 5.87. The number of rotatable bonds is 4. The molecule has 2 heteroatoms. The number of amides is 1. The lowest BCUT2D eigenvalue weighted by molar-refractivity contribution is -0.119. The number of hydrogen-bond donors (Lipinski definition) is 1. The summed E-state index contributed by atoms with van der Waals surface area (Å²) in [5.41, 5.74) is 3.31. The highest BCUT2D eigenvalue weighted by molar-refractivity contribution is 5.74. The molecule has 1 N–H and O–H groups in total. The molecule has 1 atom stereocenters. The SMILES string of the molecule is C=Cc1cccc(C(C)NC(C)=O)c1/C=C\C. The Labute approximate surface area is 103 Å². The molecule has 0 saturated heterocycles. The first-order valence-corrected chi connectivity index (χ1v) is 5.75. The summed E-state index contributed by atoms with van der Waals surface area (Å²) < 4.78 is 0. The predicted octanol–water partition coefficient (Wildman–Crippen LogP) is 3.56. The van der Waals surface area contributed by atoms with E-state index >= 15 is 0 Å². The Morgan fingerprint density at radius 2 is 2.18 bits per heavy atom. The number of benzene rings is 1. The molecule has 1 unspecified atom stereocenters. The molecular weight excluding hydrogens is 210 g/mol. The lowest BCUT2D eigenvalue weighted by atomic mass is 9.96. The van der Waals surface area contributed by atoms with Crippen LogP contribution in [-0.2, 0) is 4.79 Å². The summed E-state index contributed by atoms with van der Waals surface area (Å²) in [6, 6.07) is 6.03. The molecule has 90 valence electrons. The van der Waals surface area contributed by atoms with E-state index in [0.717, 1.165) is 16.7 Å². The maximum absolute atomic E-state index is 11.1. The summed E-state index contributed by atoms with van der Waals surface area (Å²) >= 11 is 0.